The van der Waals surface area contributed by atoms with Gasteiger partial charge in [-0.3, -0.25) is 9.36 Å². The summed E-state index contributed by atoms with van der Waals surface area (Å²) in [5.41, 5.74) is 2.12. The predicted molar refractivity (Wildman–Crippen MR) is 153 cm³/mol. The Labute approximate surface area is 229 Å². The van der Waals surface area contributed by atoms with Crippen molar-refractivity contribution in [2.45, 2.75) is 19.9 Å². The van der Waals surface area contributed by atoms with Crippen LogP contribution in [0.25, 0.3) is 16.8 Å². The van der Waals surface area contributed by atoms with Gasteiger partial charge in [0.1, 0.15) is 24.1 Å². The summed E-state index contributed by atoms with van der Waals surface area (Å²) in [6, 6.07) is 18.3. The monoisotopic (exact) mass is 540 g/mol. The smallest absolute Gasteiger partial charge is 0.338 e. The number of benzene rings is 3. The summed E-state index contributed by atoms with van der Waals surface area (Å²) >= 11 is 1.28. The first kappa shape index (κ1) is 26.2. The molecule has 0 radical (unpaired) electrons. The fourth-order valence-corrected chi connectivity index (χ4v) is 5.81. The van der Waals surface area contributed by atoms with E-state index in [4.69, 9.17) is 14.2 Å². The number of allylic oxidation sites excluding steroid dienone is 1. The number of methoxy groups -OCH3 is 1. The van der Waals surface area contributed by atoms with Crippen LogP contribution in [0, 0.1) is 0 Å². The Morgan fingerprint density at radius 2 is 1.90 bits per heavy atom. The Balaban J connectivity index is 1.75. The highest BCUT2D eigenvalue weighted by Gasteiger charge is 2.36. The lowest BCUT2D eigenvalue weighted by molar-refractivity contribution is -0.139. The van der Waals surface area contributed by atoms with E-state index in [1.807, 2.05) is 66.7 Å². The number of ether oxygens (including phenoxy) is 3. The van der Waals surface area contributed by atoms with Crippen molar-refractivity contribution in [2.24, 2.45) is 4.99 Å². The fraction of sp³-hybridized carbons (Fsp3) is 0.194. The number of thiazole rings is 1. The molecule has 1 aliphatic rings. The predicted octanol–water partition coefficient (Wildman–Crippen LogP) is 4.52. The van der Waals surface area contributed by atoms with Crippen molar-refractivity contribution in [2.75, 3.05) is 20.3 Å². The number of aromatic nitrogens is 1. The van der Waals surface area contributed by atoms with Crippen LogP contribution in [0.3, 0.4) is 0 Å². The summed E-state index contributed by atoms with van der Waals surface area (Å²) < 4.78 is 18.9. The molecule has 5 rings (SSSR count). The van der Waals surface area contributed by atoms with Crippen molar-refractivity contribution >= 4 is 34.2 Å². The van der Waals surface area contributed by atoms with Gasteiger partial charge in [0, 0.05) is 5.56 Å². The molecule has 0 aliphatic carbocycles. The molecule has 198 valence electrons. The molecule has 0 saturated carbocycles. The first-order chi connectivity index (χ1) is 19.0. The summed E-state index contributed by atoms with van der Waals surface area (Å²) in [7, 11) is 1.58. The molecule has 3 aromatic carbocycles. The van der Waals surface area contributed by atoms with Crippen LogP contribution < -0.4 is 24.4 Å². The lowest BCUT2D eigenvalue weighted by atomic mass is 9.90. The minimum atomic E-state index is -0.779. The van der Waals surface area contributed by atoms with Gasteiger partial charge in [0.25, 0.3) is 5.56 Å². The molecule has 39 heavy (non-hydrogen) atoms. The Kier molecular flexibility index (Phi) is 7.47. The highest BCUT2D eigenvalue weighted by atomic mass is 32.1. The normalized spacial score (nSPS) is 15.1. The number of carbonyl (C=O) groups is 1. The van der Waals surface area contributed by atoms with E-state index >= 15 is 0 Å². The van der Waals surface area contributed by atoms with E-state index in [0.29, 0.717) is 44.3 Å². The third-order valence-corrected chi connectivity index (χ3v) is 7.47. The summed E-state index contributed by atoms with van der Waals surface area (Å²) in [6.07, 6.45) is 3.50. The average molecular weight is 541 g/mol. The zero-order chi connectivity index (χ0) is 27.5. The van der Waals surface area contributed by atoms with E-state index in [1.165, 1.54) is 11.3 Å². The molecule has 0 spiro atoms. The van der Waals surface area contributed by atoms with E-state index in [2.05, 4.69) is 11.6 Å². The zero-order valence-corrected chi connectivity index (χ0v) is 22.8. The molecule has 0 N–H and O–H groups in total. The van der Waals surface area contributed by atoms with Gasteiger partial charge in [-0.25, -0.2) is 9.79 Å². The fourth-order valence-electron chi connectivity index (χ4n) is 4.77. The topological polar surface area (TPSA) is 79.1 Å². The zero-order valence-electron chi connectivity index (χ0n) is 22.0. The highest BCUT2D eigenvalue weighted by Crippen LogP contribution is 2.40. The van der Waals surface area contributed by atoms with E-state index in [-0.39, 0.29) is 12.2 Å². The van der Waals surface area contributed by atoms with Gasteiger partial charge in [-0.05, 0) is 54.5 Å². The van der Waals surface area contributed by atoms with Gasteiger partial charge in [-0.2, -0.15) is 0 Å². The molecule has 0 saturated heterocycles. The van der Waals surface area contributed by atoms with Crippen LogP contribution in [-0.2, 0) is 9.53 Å². The van der Waals surface area contributed by atoms with Gasteiger partial charge >= 0.3 is 5.97 Å². The van der Waals surface area contributed by atoms with Gasteiger partial charge in [0.15, 0.2) is 4.80 Å². The summed E-state index contributed by atoms with van der Waals surface area (Å²) in [5, 5.41) is 1.84. The van der Waals surface area contributed by atoms with Crippen LogP contribution in [0.15, 0.2) is 94.4 Å². The number of hydrogen-bond donors (Lipinski definition) is 0. The standard InChI is InChI=1S/C31H28N2O5S/c1-5-17-38-22-14-11-20(12-15-22)18-25-29(34)33-28(26(30(35)37-6-2)19(3)32-31(33)39-25)27-23-10-8-7-9-21(23)13-16-24(27)36-4/h5,7-16,18,28H,1,6,17H2,2-4H3/b25-18+/t28-/m0/s1. The van der Waals surface area contributed by atoms with E-state index in [9.17, 15) is 9.59 Å². The lowest BCUT2D eigenvalue weighted by Gasteiger charge is -2.27. The van der Waals surface area contributed by atoms with Gasteiger partial charge in [0.2, 0.25) is 0 Å². The van der Waals surface area contributed by atoms with Crippen molar-refractivity contribution in [3.05, 3.63) is 115 Å². The molecule has 0 fully saturated rings. The highest BCUT2D eigenvalue weighted by molar-refractivity contribution is 7.07. The van der Waals surface area contributed by atoms with E-state index < -0.39 is 12.0 Å². The second kappa shape index (κ2) is 11.1. The van der Waals surface area contributed by atoms with Crippen molar-refractivity contribution in [3.8, 4) is 11.5 Å². The third-order valence-electron chi connectivity index (χ3n) is 6.49. The van der Waals surface area contributed by atoms with Gasteiger partial charge in [-0.15, -0.1) is 0 Å². The Morgan fingerprint density at radius 3 is 2.62 bits per heavy atom. The number of carbonyl (C=O) groups excluding carboxylic acids is 1. The first-order valence-electron chi connectivity index (χ1n) is 12.6. The minimum absolute atomic E-state index is 0.200. The van der Waals surface area contributed by atoms with Gasteiger partial charge in [0.05, 0.1) is 29.5 Å². The van der Waals surface area contributed by atoms with Crippen molar-refractivity contribution in [3.63, 3.8) is 0 Å². The Hall–Kier alpha value is -4.43. The first-order valence-corrected chi connectivity index (χ1v) is 13.4. The second-order valence-corrected chi connectivity index (χ2v) is 9.88. The molecule has 1 aromatic heterocycles. The van der Waals surface area contributed by atoms with Crippen molar-refractivity contribution in [1.29, 1.82) is 0 Å². The molecule has 0 unspecified atom stereocenters. The quantitative estimate of drug-likeness (QED) is 0.243. The summed E-state index contributed by atoms with van der Waals surface area (Å²) in [6.45, 7) is 7.80. The van der Waals surface area contributed by atoms with Crippen LogP contribution in [0.4, 0.5) is 0 Å². The van der Waals surface area contributed by atoms with Crippen molar-refractivity contribution in [1.82, 2.24) is 4.57 Å². The summed E-state index contributed by atoms with van der Waals surface area (Å²) in [4.78, 5) is 32.5. The second-order valence-electron chi connectivity index (χ2n) is 8.87. The number of fused-ring (bicyclic) bond motifs is 2. The molecule has 0 amide bonds. The van der Waals surface area contributed by atoms with Crippen LogP contribution in [-0.4, -0.2) is 30.9 Å². The number of esters is 1. The van der Waals surface area contributed by atoms with Crippen LogP contribution in [0.2, 0.25) is 0 Å². The van der Waals surface area contributed by atoms with Crippen LogP contribution in [0.5, 0.6) is 11.5 Å². The molecule has 0 bridgehead atoms. The molecule has 7 nitrogen and oxygen atoms in total. The molecule has 1 atom stereocenters. The summed E-state index contributed by atoms with van der Waals surface area (Å²) in [5.74, 6) is 0.772. The largest absolute Gasteiger partial charge is 0.496 e. The maximum Gasteiger partial charge on any atom is 0.338 e. The van der Waals surface area contributed by atoms with Crippen LogP contribution in [0.1, 0.15) is 31.0 Å². The molecule has 4 aromatic rings. The molecule has 2 heterocycles. The molecule has 8 heteroatoms. The molecular formula is C31H28N2O5S. The molecule has 1 aliphatic heterocycles. The number of nitrogens with zero attached hydrogens (tertiary/aromatic N) is 2. The third kappa shape index (κ3) is 4.91. The SMILES string of the molecule is C=CCOc1ccc(/C=c2/sc3n(c2=O)[C@H](c2c(OC)ccc4ccccc24)C(C(=O)OCC)=C(C)N=3)cc1. The van der Waals surface area contributed by atoms with E-state index in [1.54, 1.807) is 31.6 Å². The van der Waals surface area contributed by atoms with Gasteiger partial charge < -0.3 is 14.2 Å². The Bertz CT molecular complexity index is 1780. The average Bonchev–Trinajstić information content (AvgIpc) is 3.25. The minimum Gasteiger partial charge on any atom is -0.496 e. The van der Waals surface area contributed by atoms with Gasteiger partial charge in [-0.1, -0.05) is 66.5 Å². The maximum absolute atomic E-state index is 14.0. The van der Waals surface area contributed by atoms with Crippen molar-refractivity contribution < 1.29 is 19.0 Å². The maximum atomic E-state index is 14.0. The Morgan fingerprint density at radius 1 is 1.13 bits per heavy atom. The number of hydrogen-bond acceptors (Lipinski definition) is 7. The number of rotatable bonds is 8. The van der Waals surface area contributed by atoms with E-state index in [0.717, 1.165) is 16.3 Å². The van der Waals surface area contributed by atoms with Crippen LogP contribution >= 0.6 is 11.3 Å². The molecular weight excluding hydrogens is 512 g/mol. The lowest BCUT2D eigenvalue weighted by Crippen LogP contribution is -2.40.